The number of phenols is 1. The van der Waals surface area contributed by atoms with Crippen molar-refractivity contribution in [2.24, 2.45) is 36.1 Å². The van der Waals surface area contributed by atoms with Crippen LogP contribution in [-0.4, -0.2) is 38.5 Å². The predicted molar refractivity (Wildman–Crippen MR) is 205 cm³/mol. The second kappa shape index (κ2) is 13.2. The van der Waals surface area contributed by atoms with Gasteiger partial charge in [-0.05, 0) is 97.7 Å². The van der Waals surface area contributed by atoms with Crippen LogP contribution in [0.15, 0.2) is 72.3 Å². The minimum absolute atomic E-state index is 0.107. The maximum absolute atomic E-state index is 15.2. The fourth-order valence-electron chi connectivity index (χ4n) is 9.85. The van der Waals surface area contributed by atoms with Gasteiger partial charge in [0.05, 0.1) is 44.9 Å². The van der Waals surface area contributed by atoms with E-state index in [2.05, 4.69) is 5.10 Å². The predicted octanol–water partition coefficient (Wildman–Crippen LogP) is 9.58. The van der Waals surface area contributed by atoms with Gasteiger partial charge in [-0.2, -0.15) is 31.4 Å². The molecule has 3 aromatic carbocycles. The zero-order chi connectivity index (χ0) is 43.1. The fraction of sp³-hybridized carbons (Fsp3) is 0.310. The third kappa shape index (κ3) is 5.75. The van der Waals surface area contributed by atoms with Gasteiger partial charge in [0.25, 0.3) is 0 Å². The molecule has 2 aromatic heterocycles. The first kappa shape index (κ1) is 39.9. The van der Waals surface area contributed by atoms with Crippen molar-refractivity contribution >= 4 is 68.2 Å². The molecule has 2 aliphatic heterocycles. The Morgan fingerprint density at radius 3 is 2.20 bits per heavy atom. The number of alkyl halides is 6. The zero-order valence-corrected chi connectivity index (χ0v) is 33.0. The molecule has 1 N–H and O–H groups in total. The van der Waals surface area contributed by atoms with Gasteiger partial charge < -0.3 is 5.11 Å². The van der Waals surface area contributed by atoms with Crippen LogP contribution in [0.5, 0.6) is 5.75 Å². The summed E-state index contributed by atoms with van der Waals surface area (Å²) < 4.78 is 101. The molecule has 0 radical (unpaired) electrons. The standard InChI is InChI=1S/C42H30ClF7N4O5S/c1-17-25-14-21(43)5-9-31(25)60-35(17)29-16-32(52(3)51-29)54-37(57)27-15-26-23(34(40(27,2)39(54)59)18-4-8-30(55)28(44)10-18)6-7-24-33(26)38(58)53(36(24)56)22-12-19(41(45,46)47)11-20(13-22)42(48,49)50/h4-6,8-14,16,24,26-27,33-34,55H,7,15H2,1-3H3/t24-,26+,27-,33-,34-,40+/m0/s1. The van der Waals surface area contributed by atoms with Crippen LogP contribution >= 0.6 is 22.9 Å². The number of carbonyl (C=O) groups excluding carboxylic acids is 4. The molecule has 0 unspecified atom stereocenters. The van der Waals surface area contributed by atoms with E-state index in [9.17, 15) is 45.8 Å². The highest BCUT2D eigenvalue weighted by Crippen LogP contribution is 2.64. The molecule has 2 aliphatic carbocycles. The second-order valence-electron chi connectivity index (χ2n) is 15.9. The van der Waals surface area contributed by atoms with E-state index in [1.807, 2.05) is 19.1 Å². The monoisotopic (exact) mass is 870 g/mol. The number of benzene rings is 3. The number of hydrogen-bond acceptors (Lipinski definition) is 7. The summed E-state index contributed by atoms with van der Waals surface area (Å²) in [5.74, 6) is -11.1. The molecular weight excluding hydrogens is 841 g/mol. The van der Waals surface area contributed by atoms with Gasteiger partial charge in [-0.25, -0.2) is 14.2 Å². The number of fused-ring (bicyclic) bond motifs is 5. The Hall–Kier alpha value is -5.55. The first-order valence-electron chi connectivity index (χ1n) is 18.6. The number of aryl methyl sites for hydroxylation is 2. The Morgan fingerprint density at radius 1 is 0.867 bits per heavy atom. The first-order valence-corrected chi connectivity index (χ1v) is 19.8. The molecule has 4 amide bonds. The number of imide groups is 2. The molecule has 1 saturated carbocycles. The summed E-state index contributed by atoms with van der Waals surface area (Å²) in [6, 6.07) is 11.0. The molecule has 6 atom stereocenters. The summed E-state index contributed by atoms with van der Waals surface area (Å²) in [5.41, 5.74) is -4.15. The average molecular weight is 871 g/mol. The summed E-state index contributed by atoms with van der Waals surface area (Å²) in [6.07, 6.45) is -9.35. The van der Waals surface area contributed by atoms with E-state index < -0.39 is 99.4 Å². The summed E-state index contributed by atoms with van der Waals surface area (Å²) in [6.45, 7) is 3.44. The highest BCUT2D eigenvalue weighted by Gasteiger charge is 2.68. The summed E-state index contributed by atoms with van der Waals surface area (Å²) in [5, 5.41) is 16.2. The molecule has 4 heterocycles. The molecular formula is C42H30ClF7N4O5S. The van der Waals surface area contributed by atoms with Crippen LogP contribution in [0.3, 0.4) is 0 Å². The Kier molecular flexibility index (Phi) is 8.79. The normalized spacial score (nSPS) is 25.6. The van der Waals surface area contributed by atoms with E-state index >= 15 is 9.18 Å². The minimum atomic E-state index is -5.26. The molecule has 3 fully saturated rings. The van der Waals surface area contributed by atoms with Crippen LogP contribution in [0.25, 0.3) is 20.7 Å². The summed E-state index contributed by atoms with van der Waals surface area (Å²) in [7, 11) is 1.55. The number of nitrogens with zero attached hydrogens (tertiary/aromatic N) is 4. The van der Waals surface area contributed by atoms with Gasteiger partial charge in [-0.15, -0.1) is 11.3 Å². The fourth-order valence-corrected chi connectivity index (χ4v) is 11.2. The van der Waals surface area contributed by atoms with Crippen molar-refractivity contribution in [2.75, 3.05) is 9.80 Å². The molecule has 18 heteroatoms. The molecule has 0 bridgehead atoms. The number of allylic oxidation sites excluding steroid dienone is 2. The quantitative estimate of drug-likeness (QED) is 0.109. The lowest BCUT2D eigenvalue weighted by Gasteiger charge is -2.49. The smallest absolute Gasteiger partial charge is 0.416 e. The topological polar surface area (TPSA) is 113 Å². The first-order chi connectivity index (χ1) is 28.1. The van der Waals surface area contributed by atoms with Gasteiger partial charge in [-0.1, -0.05) is 29.3 Å². The van der Waals surface area contributed by atoms with E-state index in [1.54, 1.807) is 32.2 Å². The Morgan fingerprint density at radius 2 is 1.55 bits per heavy atom. The summed E-state index contributed by atoms with van der Waals surface area (Å²) in [4.78, 5) is 60.3. The lowest BCUT2D eigenvalue weighted by atomic mass is 9.51. The number of halogens is 8. The van der Waals surface area contributed by atoms with Gasteiger partial charge in [0.15, 0.2) is 11.6 Å². The van der Waals surface area contributed by atoms with Gasteiger partial charge >= 0.3 is 12.4 Å². The molecule has 310 valence electrons. The number of rotatable bonds is 4. The lowest BCUT2D eigenvalue weighted by Crippen LogP contribution is -2.49. The van der Waals surface area contributed by atoms with Crippen molar-refractivity contribution in [1.82, 2.24) is 9.78 Å². The Bertz CT molecular complexity index is 2750. The van der Waals surface area contributed by atoms with Crippen LogP contribution in [0.4, 0.5) is 42.2 Å². The van der Waals surface area contributed by atoms with Gasteiger partial charge in [-0.3, -0.25) is 23.9 Å². The van der Waals surface area contributed by atoms with E-state index in [1.165, 1.54) is 22.1 Å². The number of carbonyl (C=O) groups is 4. The third-order valence-corrected chi connectivity index (χ3v) is 14.2. The number of hydrogen-bond donors (Lipinski definition) is 1. The number of amides is 4. The van der Waals surface area contributed by atoms with Crippen molar-refractivity contribution in [2.45, 2.75) is 45.0 Å². The molecule has 9 rings (SSSR count). The molecule has 5 aromatic rings. The Balaban J connectivity index is 1.15. The van der Waals surface area contributed by atoms with E-state index in [4.69, 9.17) is 11.6 Å². The number of phenolic OH excluding ortho intramolecular Hbond substituents is 1. The van der Waals surface area contributed by atoms with E-state index in [-0.39, 0.29) is 30.3 Å². The lowest BCUT2D eigenvalue weighted by molar-refractivity contribution is -0.143. The molecule has 2 saturated heterocycles. The van der Waals surface area contributed by atoms with E-state index in [0.29, 0.717) is 33.3 Å². The maximum Gasteiger partial charge on any atom is 0.416 e. The van der Waals surface area contributed by atoms with Crippen molar-refractivity contribution < 1.29 is 55.0 Å². The third-order valence-electron chi connectivity index (χ3n) is 12.6. The molecule has 4 aliphatic rings. The second-order valence-corrected chi connectivity index (χ2v) is 17.3. The van der Waals surface area contributed by atoms with Crippen molar-refractivity contribution in [3.8, 4) is 16.3 Å². The molecule has 9 nitrogen and oxygen atoms in total. The van der Waals surface area contributed by atoms with Crippen molar-refractivity contribution in [3.63, 3.8) is 0 Å². The summed E-state index contributed by atoms with van der Waals surface area (Å²) >= 11 is 7.69. The maximum atomic E-state index is 15.2. The zero-order valence-electron chi connectivity index (χ0n) is 31.5. The van der Waals surface area contributed by atoms with Crippen LogP contribution in [-0.2, 0) is 38.6 Å². The van der Waals surface area contributed by atoms with Crippen LogP contribution < -0.4 is 9.80 Å². The largest absolute Gasteiger partial charge is 0.505 e. The molecule has 0 spiro atoms. The SMILES string of the molecule is Cc1c(-c2cc(N3C(=O)[C@@H]4C[C@@H]5C(=CC[C@@H]6C(=O)N(c7cc(C(F)(F)F)cc(C(F)(F)F)c7)C(=O)[C@@H]65)[C@H](c5ccc(O)c(F)c5)[C@]4(C)C3=O)n(C)n2)sc2ccc(Cl)cc12. The van der Waals surface area contributed by atoms with Gasteiger partial charge in [0.1, 0.15) is 11.5 Å². The van der Waals surface area contributed by atoms with Gasteiger partial charge in [0.2, 0.25) is 23.6 Å². The van der Waals surface area contributed by atoms with Crippen LogP contribution in [0.1, 0.15) is 47.9 Å². The molecule has 60 heavy (non-hydrogen) atoms. The number of aromatic nitrogens is 2. The van der Waals surface area contributed by atoms with E-state index in [0.717, 1.165) is 37.6 Å². The van der Waals surface area contributed by atoms with Crippen molar-refractivity contribution in [1.29, 1.82) is 0 Å². The number of aromatic hydroxyl groups is 1. The van der Waals surface area contributed by atoms with Gasteiger partial charge in [0, 0.05) is 28.8 Å². The van der Waals surface area contributed by atoms with Crippen LogP contribution in [0.2, 0.25) is 5.02 Å². The van der Waals surface area contributed by atoms with Crippen LogP contribution in [0, 0.1) is 41.8 Å². The minimum Gasteiger partial charge on any atom is -0.505 e. The Labute approximate surface area is 344 Å². The highest BCUT2D eigenvalue weighted by atomic mass is 35.5. The van der Waals surface area contributed by atoms with Crippen molar-refractivity contribution in [3.05, 3.63) is 105 Å². The highest BCUT2D eigenvalue weighted by molar-refractivity contribution is 7.22. The number of anilines is 2. The number of thiophene rings is 1. The average Bonchev–Trinajstić information content (AvgIpc) is 3.85.